The number of carbonyl (C=O) groups is 3. The van der Waals surface area contributed by atoms with Gasteiger partial charge in [0, 0.05) is 6.42 Å². The Bertz CT molecular complexity index is 891. The van der Waals surface area contributed by atoms with Crippen LogP contribution in [0, 0.1) is 0 Å². The van der Waals surface area contributed by atoms with Gasteiger partial charge in [0.15, 0.2) is 0 Å². The van der Waals surface area contributed by atoms with Crippen LogP contribution in [0.2, 0.25) is 6.04 Å². The summed E-state index contributed by atoms with van der Waals surface area (Å²) in [5, 5.41) is 0. The van der Waals surface area contributed by atoms with Crippen LogP contribution in [0.15, 0.2) is 0 Å². The molecule has 0 atom stereocenters. The molecule has 0 aliphatic carbocycles. The highest BCUT2D eigenvalue weighted by atomic mass is 28.4. The van der Waals surface area contributed by atoms with E-state index in [1.807, 2.05) is 0 Å². The Kier molecular flexibility index (Phi) is 9.83. The Morgan fingerprint density at radius 2 is 0.725 bits per heavy atom. The number of hydrogen-bond acceptors (Lipinski definition) is 6. The third-order valence-corrected chi connectivity index (χ3v) is 6.14. The van der Waals surface area contributed by atoms with E-state index in [0.29, 0.717) is 0 Å². The van der Waals surface area contributed by atoms with Gasteiger partial charge >= 0.3 is 75.1 Å². The van der Waals surface area contributed by atoms with Crippen molar-refractivity contribution in [2.24, 2.45) is 0 Å². The van der Waals surface area contributed by atoms with Crippen molar-refractivity contribution in [3.63, 3.8) is 0 Å². The molecule has 0 heterocycles. The van der Waals surface area contributed by atoms with Gasteiger partial charge in [0.1, 0.15) is 0 Å². The first-order valence-corrected chi connectivity index (χ1v) is 10.5. The van der Waals surface area contributed by atoms with Crippen LogP contribution in [0.3, 0.4) is 0 Å². The van der Waals surface area contributed by atoms with E-state index in [0.717, 1.165) is 0 Å². The molecule has 0 amide bonds. The van der Waals surface area contributed by atoms with Gasteiger partial charge in [0.25, 0.3) is 0 Å². The van der Waals surface area contributed by atoms with Gasteiger partial charge in [-0.3, -0.25) is 0 Å². The van der Waals surface area contributed by atoms with Crippen LogP contribution >= 0.6 is 0 Å². The molecule has 236 valence electrons. The number of carbonyl (C=O) groups excluding carboxylic acids is 3. The van der Waals surface area contributed by atoms with Gasteiger partial charge in [-0.05, 0) is 0 Å². The summed E-state index contributed by atoms with van der Waals surface area (Å²) >= 11 is 0. The zero-order chi connectivity index (χ0) is 32.8. The second-order valence-corrected chi connectivity index (χ2v) is 9.25. The summed E-state index contributed by atoms with van der Waals surface area (Å²) in [6, 6.07) is -3.45. The predicted octanol–water partition coefficient (Wildman–Crippen LogP) is 5.74. The summed E-state index contributed by atoms with van der Waals surface area (Å²) in [7, 11) is -7.82. The van der Waals surface area contributed by atoms with Crippen molar-refractivity contribution >= 4 is 26.7 Å². The van der Waals surface area contributed by atoms with Crippen molar-refractivity contribution in [1.29, 1.82) is 0 Å². The highest BCUT2D eigenvalue weighted by molar-refractivity contribution is 6.66. The molecule has 27 heteroatoms. The second kappa shape index (κ2) is 10.6. The lowest BCUT2D eigenvalue weighted by Gasteiger charge is -2.37. The van der Waals surface area contributed by atoms with Crippen molar-refractivity contribution in [2.75, 3.05) is 0 Å². The van der Waals surface area contributed by atoms with Crippen LogP contribution in [0.25, 0.3) is 0 Å². The molecular weight excluding hydrogens is 660 g/mol. The van der Waals surface area contributed by atoms with E-state index in [2.05, 4.69) is 13.3 Å². The van der Waals surface area contributed by atoms with Crippen LogP contribution in [-0.2, 0) is 27.7 Å². The fourth-order valence-corrected chi connectivity index (χ4v) is 4.13. The lowest BCUT2D eigenvalue weighted by molar-refractivity contribution is -0.422. The molecule has 6 nitrogen and oxygen atoms in total. The molecule has 0 rings (SSSR count). The molecule has 0 aliphatic rings. The second-order valence-electron chi connectivity index (χ2n) is 6.77. The quantitative estimate of drug-likeness (QED) is 0.232. The summed E-state index contributed by atoms with van der Waals surface area (Å²) in [5.74, 6) is -44.0. The predicted molar refractivity (Wildman–Crippen MR) is 77.5 cm³/mol. The number of hydrogen-bond donors (Lipinski definition) is 0. The van der Waals surface area contributed by atoms with E-state index < -0.39 is 87.6 Å². The van der Waals surface area contributed by atoms with E-state index in [-0.39, 0.29) is 0 Å². The molecule has 0 bridgehead atoms. The standard InChI is InChI=1S/C13H4F20O6Si/c14-6(15,10(25,26)11(27,28)12(29,30)13(31,32)33)1-2-40(37-3(34)7(16,17)18,38-4(35)8(19,20)21)39-5(36)9(22,23)24/h1-2H2. The van der Waals surface area contributed by atoms with Crippen molar-refractivity contribution in [2.45, 2.75) is 60.9 Å². The van der Waals surface area contributed by atoms with E-state index in [1.165, 1.54) is 0 Å². The molecular formula is C13H4F20O6Si. The molecule has 0 aromatic rings. The Hall–Kier alpha value is -2.77. The van der Waals surface area contributed by atoms with Crippen molar-refractivity contribution < 1.29 is 115 Å². The monoisotopic (exact) mass is 664 g/mol. The molecule has 0 unspecified atom stereocenters. The Morgan fingerprint density at radius 3 is 0.950 bits per heavy atom. The third kappa shape index (κ3) is 7.70. The molecule has 40 heavy (non-hydrogen) atoms. The molecule has 0 aliphatic heterocycles. The van der Waals surface area contributed by atoms with Crippen molar-refractivity contribution in [3.8, 4) is 0 Å². The minimum absolute atomic E-state index is 2.84. The molecule has 0 aromatic heterocycles. The van der Waals surface area contributed by atoms with Crippen LogP contribution < -0.4 is 0 Å². The highest BCUT2D eigenvalue weighted by Crippen LogP contribution is 2.58. The minimum atomic E-state index is -8.22. The third-order valence-electron chi connectivity index (χ3n) is 3.79. The lowest BCUT2D eigenvalue weighted by atomic mass is 9.96. The topological polar surface area (TPSA) is 78.9 Å². The largest absolute Gasteiger partial charge is 0.706 e. The zero-order valence-electron chi connectivity index (χ0n) is 17.4. The van der Waals surface area contributed by atoms with Gasteiger partial charge in [-0.1, -0.05) is 0 Å². The Morgan fingerprint density at radius 1 is 0.450 bits per heavy atom. The highest BCUT2D eigenvalue weighted by Gasteiger charge is 2.87. The SMILES string of the molecule is O=C(O[Si](CCC(F)(F)C(F)(F)C(F)(F)C(F)(F)C(F)(F)F)(OC(=O)C(F)(F)F)OC(=O)C(F)(F)F)C(F)(F)F. The number of rotatable bonds is 9. The van der Waals surface area contributed by atoms with Gasteiger partial charge in [0.05, 0.1) is 6.04 Å². The maximum Gasteiger partial charge on any atom is 0.706 e. The molecule has 0 fully saturated rings. The molecule has 0 N–H and O–H groups in total. The lowest BCUT2D eigenvalue weighted by Crippen LogP contribution is -2.66. The smallest absolute Gasteiger partial charge is 0.448 e. The van der Waals surface area contributed by atoms with Crippen LogP contribution in [0.5, 0.6) is 0 Å². The van der Waals surface area contributed by atoms with E-state index in [4.69, 9.17) is 0 Å². The van der Waals surface area contributed by atoms with Crippen LogP contribution in [0.1, 0.15) is 6.42 Å². The van der Waals surface area contributed by atoms with Gasteiger partial charge < -0.3 is 13.3 Å². The van der Waals surface area contributed by atoms with Gasteiger partial charge in [-0.25, -0.2) is 14.4 Å². The maximum atomic E-state index is 13.9. The first-order valence-electron chi connectivity index (χ1n) is 8.57. The molecule has 0 aromatic carbocycles. The zero-order valence-corrected chi connectivity index (χ0v) is 18.4. The first kappa shape index (κ1) is 37.2. The summed E-state index contributed by atoms with van der Waals surface area (Å²) in [5.41, 5.74) is 0. The van der Waals surface area contributed by atoms with Crippen LogP contribution in [0.4, 0.5) is 87.8 Å². The fraction of sp³-hybridized carbons (Fsp3) is 0.769. The van der Waals surface area contributed by atoms with E-state index in [9.17, 15) is 102 Å². The normalized spacial score (nSPS) is 15.0. The van der Waals surface area contributed by atoms with Crippen molar-refractivity contribution in [3.05, 3.63) is 0 Å². The van der Waals surface area contributed by atoms with Gasteiger partial charge in [-0.2, -0.15) is 87.8 Å². The van der Waals surface area contributed by atoms with Crippen molar-refractivity contribution in [1.82, 2.24) is 0 Å². The summed E-state index contributed by atoms with van der Waals surface area (Å²) < 4.78 is 264. The average molecular weight is 664 g/mol. The summed E-state index contributed by atoms with van der Waals surface area (Å²) in [6.45, 7) is 0. The molecule has 0 spiro atoms. The molecule has 0 saturated carbocycles. The Balaban J connectivity index is 6.96. The molecule has 0 saturated heterocycles. The van der Waals surface area contributed by atoms with E-state index in [1.54, 1.807) is 0 Å². The molecule has 0 radical (unpaired) electrons. The van der Waals surface area contributed by atoms with Crippen LogP contribution in [-0.4, -0.2) is 75.1 Å². The number of halogens is 20. The van der Waals surface area contributed by atoms with E-state index >= 15 is 0 Å². The number of alkyl halides is 20. The first-order chi connectivity index (χ1) is 17.1. The summed E-state index contributed by atoms with van der Waals surface area (Å²) in [6.07, 6.45) is -31.5. The summed E-state index contributed by atoms with van der Waals surface area (Å²) in [4.78, 5) is 32.8. The fourth-order valence-electron chi connectivity index (χ4n) is 1.88. The maximum absolute atomic E-state index is 13.9. The van der Waals surface area contributed by atoms with Gasteiger partial charge in [-0.15, -0.1) is 0 Å². The van der Waals surface area contributed by atoms with Gasteiger partial charge in [0.2, 0.25) is 0 Å². The Labute approximate surface area is 204 Å². The minimum Gasteiger partial charge on any atom is -0.448 e. The average Bonchev–Trinajstić information content (AvgIpc) is 2.68.